The summed E-state index contributed by atoms with van der Waals surface area (Å²) in [5, 5.41) is 0. The van der Waals surface area contributed by atoms with Crippen molar-refractivity contribution in [3.05, 3.63) is 22.7 Å². The molecular formula is C13H21BrN2O2S. The van der Waals surface area contributed by atoms with Crippen molar-refractivity contribution in [1.29, 1.82) is 0 Å². The van der Waals surface area contributed by atoms with E-state index in [2.05, 4.69) is 41.4 Å². The topological polar surface area (TPSA) is 72.2 Å². The van der Waals surface area contributed by atoms with Gasteiger partial charge in [-0.25, -0.2) is 13.1 Å². The third-order valence-corrected chi connectivity index (χ3v) is 5.31. The van der Waals surface area contributed by atoms with Gasteiger partial charge in [0.2, 0.25) is 10.0 Å². The summed E-state index contributed by atoms with van der Waals surface area (Å²) in [5.41, 5.74) is 6.04. The van der Waals surface area contributed by atoms with E-state index in [1.54, 1.807) is 12.1 Å². The van der Waals surface area contributed by atoms with Crippen molar-refractivity contribution < 1.29 is 8.42 Å². The average Bonchev–Trinajstić information content (AvgIpc) is 2.24. The maximum atomic E-state index is 12.2. The maximum absolute atomic E-state index is 12.2. The standard InChI is InChI=1S/C13H21BrN2O2S/c1-9(13(2,3)4)8-16-19(17,18)12-6-5-10(14)7-11(12)15/h5-7,9,16H,8,15H2,1-4H3. The van der Waals surface area contributed by atoms with Crippen molar-refractivity contribution in [2.75, 3.05) is 12.3 Å². The van der Waals surface area contributed by atoms with E-state index < -0.39 is 10.0 Å². The summed E-state index contributed by atoms with van der Waals surface area (Å²) in [5.74, 6) is 0.221. The Morgan fingerprint density at radius 3 is 2.42 bits per heavy atom. The van der Waals surface area contributed by atoms with Gasteiger partial charge in [0.25, 0.3) is 0 Å². The van der Waals surface area contributed by atoms with Crippen LogP contribution in [0.2, 0.25) is 0 Å². The number of sulfonamides is 1. The number of nitrogens with one attached hydrogen (secondary N) is 1. The van der Waals surface area contributed by atoms with Crippen LogP contribution in [0.4, 0.5) is 5.69 Å². The summed E-state index contributed by atoms with van der Waals surface area (Å²) in [4.78, 5) is 0.122. The zero-order valence-corrected chi connectivity index (χ0v) is 14.1. The van der Waals surface area contributed by atoms with Gasteiger partial charge in [0, 0.05) is 11.0 Å². The van der Waals surface area contributed by atoms with E-state index in [1.807, 2.05) is 6.92 Å². The van der Waals surface area contributed by atoms with Crippen LogP contribution in [0.25, 0.3) is 0 Å². The molecule has 0 aliphatic rings. The SMILES string of the molecule is CC(CNS(=O)(=O)c1ccc(Br)cc1N)C(C)(C)C. The smallest absolute Gasteiger partial charge is 0.242 e. The molecule has 0 aliphatic carbocycles. The number of halogens is 1. The minimum atomic E-state index is -3.56. The van der Waals surface area contributed by atoms with Crippen LogP contribution in [0.1, 0.15) is 27.7 Å². The highest BCUT2D eigenvalue weighted by atomic mass is 79.9. The molecule has 1 aromatic carbocycles. The normalized spacial score (nSPS) is 14.4. The predicted molar refractivity (Wildman–Crippen MR) is 82.4 cm³/mol. The first-order valence-corrected chi connectivity index (χ1v) is 8.36. The van der Waals surface area contributed by atoms with Crippen molar-refractivity contribution >= 4 is 31.6 Å². The molecule has 1 rings (SSSR count). The number of hydrogen-bond donors (Lipinski definition) is 2. The fourth-order valence-corrected chi connectivity index (χ4v) is 3.00. The van der Waals surface area contributed by atoms with Gasteiger partial charge >= 0.3 is 0 Å². The fraction of sp³-hybridized carbons (Fsp3) is 0.538. The molecule has 1 unspecified atom stereocenters. The van der Waals surface area contributed by atoms with Crippen LogP contribution in [0.3, 0.4) is 0 Å². The van der Waals surface area contributed by atoms with Crippen LogP contribution >= 0.6 is 15.9 Å². The molecule has 19 heavy (non-hydrogen) atoms. The lowest BCUT2D eigenvalue weighted by Crippen LogP contribution is -2.34. The Kier molecular flexibility index (Phi) is 5.03. The van der Waals surface area contributed by atoms with Crippen LogP contribution in [0, 0.1) is 11.3 Å². The number of nitrogen functional groups attached to an aromatic ring is 1. The van der Waals surface area contributed by atoms with E-state index in [0.29, 0.717) is 6.54 Å². The number of nitrogens with two attached hydrogens (primary N) is 1. The second-order valence-corrected chi connectivity index (χ2v) is 8.45. The molecule has 4 nitrogen and oxygen atoms in total. The van der Waals surface area contributed by atoms with Gasteiger partial charge < -0.3 is 5.73 Å². The Bertz CT molecular complexity index is 550. The largest absolute Gasteiger partial charge is 0.398 e. The summed E-state index contributed by atoms with van der Waals surface area (Å²) in [6.45, 7) is 8.66. The lowest BCUT2D eigenvalue weighted by Gasteiger charge is -2.27. The van der Waals surface area contributed by atoms with E-state index >= 15 is 0 Å². The van der Waals surface area contributed by atoms with Crippen molar-refractivity contribution in [3.8, 4) is 0 Å². The van der Waals surface area contributed by atoms with Crippen molar-refractivity contribution in [2.24, 2.45) is 11.3 Å². The highest BCUT2D eigenvalue weighted by Crippen LogP contribution is 2.26. The van der Waals surface area contributed by atoms with Gasteiger partial charge in [-0.05, 0) is 29.5 Å². The van der Waals surface area contributed by atoms with Crippen LogP contribution in [0.5, 0.6) is 0 Å². The summed E-state index contributed by atoms with van der Waals surface area (Å²) in [6, 6.07) is 4.75. The third kappa shape index (κ3) is 4.47. The highest BCUT2D eigenvalue weighted by Gasteiger charge is 2.23. The van der Waals surface area contributed by atoms with Crippen LogP contribution in [-0.2, 0) is 10.0 Å². The lowest BCUT2D eigenvalue weighted by atomic mass is 9.82. The summed E-state index contributed by atoms with van der Waals surface area (Å²) < 4.78 is 27.8. The van der Waals surface area contributed by atoms with Crippen LogP contribution in [0.15, 0.2) is 27.6 Å². The van der Waals surface area contributed by atoms with Gasteiger partial charge in [-0.2, -0.15) is 0 Å². The molecule has 0 bridgehead atoms. The van der Waals surface area contributed by atoms with Gasteiger partial charge in [-0.15, -0.1) is 0 Å². The molecule has 108 valence electrons. The number of rotatable bonds is 4. The molecule has 6 heteroatoms. The summed E-state index contributed by atoms with van der Waals surface area (Å²) in [7, 11) is -3.56. The van der Waals surface area contributed by atoms with Gasteiger partial charge in [0.1, 0.15) is 4.90 Å². The lowest BCUT2D eigenvalue weighted by molar-refractivity contribution is 0.263. The molecule has 3 N–H and O–H groups in total. The van der Waals surface area contributed by atoms with Crippen molar-refractivity contribution in [1.82, 2.24) is 4.72 Å². The Balaban J connectivity index is 2.88. The van der Waals surface area contributed by atoms with Gasteiger partial charge in [-0.3, -0.25) is 0 Å². The molecule has 1 aromatic rings. The quantitative estimate of drug-likeness (QED) is 0.821. The van der Waals surface area contributed by atoms with E-state index in [0.717, 1.165) is 4.47 Å². The molecule has 0 aromatic heterocycles. The Morgan fingerprint density at radius 1 is 1.37 bits per heavy atom. The minimum Gasteiger partial charge on any atom is -0.398 e. The first-order valence-electron chi connectivity index (χ1n) is 6.09. The molecule has 0 amide bonds. The van der Waals surface area contributed by atoms with Crippen LogP contribution in [-0.4, -0.2) is 15.0 Å². The first kappa shape index (κ1) is 16.5. The molecular weight excluding hydrogens is 328 g/mol. The van der Waals surface area contributed by atoms with E-state index in [4.69, 9.17) is 5.73 Å². The summed E-state index contributed by atoms with van der Waals surface area (Å²) >= 11 is 3.26. The Hall–Kier alpha value is -0.590. The monoisotopic (exact) mass is 348 g/mol. The highest BCUT2D eigenvalue weighted by molar-refractivity contribution is 9.10. The van der Waals surface area contributed by atoms with Crippen LogP contribution < -0.4 is 10.5 Å². The maximum Gasteiger partial charge on any atom is 0.242 e. The average molecular weight is 349 g/mol. The van der Waals surface area contributed by atoms with E-state index in [9.17, 15) is 8.42 Å². The Labute approximate surface area is 124 Å². The first-order chi connectivity index (χ1) is 8.54. The van der Waals surface area contributed by atoms with Crippen molar-refractivity contribution in [2.45, 2.75) is 32.6 Å². The fourth-order valence-electron chi connectivity index (χ4n) is 1.38. The molecule has 0 saturated carbocycles. The van der Waals surface area contributed by atoms with Gasteiger partial charge in [0.05, 0.1) is 5.69 Å². The summed E-state index contributed by atoms with van der Waals surface area (Å²) in [6.07, 6.45) is 0. The molecule has 0 saturated heterocycles. The molecule has 0 heterocycles. The predicted octanol–water partition coefficient (Wildman–Crippen LogP) is 2.99. The second kappa shape index (κ2) is 5.81. The van der Waals surface area contributed by atoms with Crippen molar-refractivity contribution in [3.63, 3.8) is 0 Å². The van der Waals surface area contributed by atoms with E-state index in [-0.39, 0.29) is 21.9 Å². The molecule has 1 atom stereocenters. The number of hydrogen-bond acceptors (Lipinski definition) is 3. The van der Waals surface area contributed by atoms with Gasteiger partial charge in [-0.1, -0.05) is 43.6 Å². The Morgan fingerprint density at radius 2 is 1.95 bits per heavy atom. The molecule has 0 radical (unpaired) electrons. The number of anilines is 1. The minimum absolute atomic E-state index is 0.0494. The number of benzene rings is 1. The zero-order valence-electron chi connectivity index (χ0n) is 11.7. The van der Waals surface area contributed by atoms with Gasteiger partial charge in [0.15, 0.2) is 0 Å². The third-order valence-electron chi connectivity index (χ3n) is 3.32. The van der Waals surface area contributed by atoms with E-state index in [1.165, 1.54) is 6.07 Å². The molecule has 0 fully saturated rings. The molecule has 0 spiro atoms. The zero-order chi connectivity index (χ0) is 14.8. The molecule has 0 aliphatic heterocycles. The second-order valence-electron chi connectivity index (χ2n) is 5.80.